The molecule has 4 N–H and O–H groups in total. The van der Waals surface area contributed by atoms with E-state index in [9.17, 15) is 0 Å². The van der Waals surface area contributed by atoms with Gasteiger partial charge in [-0.25, -0.2) is 9.97 Å². The molecule has 0 unspecified atom stereocenters. The van der Waals surface area contributed by atoms with Crippen LogP contribution < -0.4 is 15.8 Å². The van der Waals surface area contributed by atoms with Gasteiger partial charge in [-0.2, -0.15) is 5.10 Å². The quantitative estimate of drug-likeness (QED) is 0.538. The number of nitrogen functional groups attached to an aromatic ring is 1. The molecule has 0 aliphatic rings. The lowest BCUT2D eigenvalue weighted by molar-refractivity contribution is 0.415. The second kappa shape index (κ2) is 5.13. The molecule has 0 aliphatic carbocycles. The maximum atomic E-state index is 5.72. The molecule has 0 saturated heterocycles. The number of benzene rings is 1. The Morgan fingerprint density at radius 2 is 2.04 bits per heavy atom. The van der Waals surface area contributed by atoms with Gasteiger partial charge in [-0.15, -0.1) is 0 Å². The van der Waals surface area contributed by atoms with E-state index in [1.54, 1.807) is 19.4 Å². The molecule has 7 nitrogen and oxygen atoms in total. The van der Waals surface area contributed by atoms with Gasteiger partial charge in [0, 0.05) is 10.8 Å². The van der Waals surface area contributed by atoms with Gasteiger partial charge < -0.3 is 15.8 Å². The monoisotopic (exact) mass is 306 g/mol. The van der Waals surface area contributed by atoms with Crippen molar-refractivity contribution in [2.45, 2.75) is 0 Å². The Hall–Kier alpha value is -3.35. The average molecular weight is 306 g/mol. The zero-order valence-corrected chi connectivity index (χ0v) is 12.4. The number of hydrogen-bond acceptors (Lipinski definition) is 6. The Balaban J connectivity index is 1.90. The summed E-state index contributed by atoms with van der Waals surface area (Å²) >= 11 is 0. The van der Waals surface area contributed by atoms with Crippen LogP contribution >= 0.6 is 0 Å². The Morgan fingerprint density at radius 3 is 2.87 bits per heavy atom. The molecule has 0 bridgehead atoms. The van der Waals surface area contributed by atoms with Gasteiger partial charge in [0.15, 0.2) is 5.82 Å². The maximum absolute atomic E-state index is 5.72. The van der Waals surface area contributed by atoms with E-state index >= 15 is 0 Å². The van der Waals surface area contributed by atoms with Crippen molar-refractivity contribution in [3.8, 4) is 5.75 Å². The predicted molar refractivity (Wildman–Crippen MR) is 89.9 cm³/mol. The number of fused-ring (bicyclic) bond motifs is 3. The number of pyridine rings is 2. The van der Waals surface area contributed by atoms with Gasteiger partial charge in [0.25, 0.3) is 0 Å². The highest BCUT2D eigenvalue weighted by molar-refractivity contribution is 6.09. The van der Waals surface area contributed by atoms with Crippen LogP contribution in [0.15, 0.2) is 42.6 Å². The van der Waals surface area contributed by atoms with Gasteiger partial charge in [0.05, 0.1) is 18.8 Å². The van der Waals surface area contributed by atoms with Gasteiger partial charge in [-0.3, -0.25) is 5.10 Å². The van der Waals surface area contributed by atoms with E-state index in [1.807, 2.05) is 30.3 Å². The van der Waals surface area contributed by atoms with E-state index in [2.05, 4.69) is 25.5 Å². The number of nitrogens with two attached hydrogens (primary N) is 1. The molecule has 0 atom stereocenters. The number of aromatic amines is 1. The third-order valence-electron chi connectivity index (χ3n) is 3.62. The van der Waals surface area contributed by atoms with E-state index in [4.69, 9.17) is 10.5 Å². The number of nitrogens with zero attached hydrogens (tertiary/aromatic N) is 3. The van der Waals surface area contributed by atoms with E-state index in [0.717, 1.165) is 27.6 Å². The zero-order chi connectivity index (χ0) is 15.8. The van der Waals surface area contributed by atoms with Gasteiger partial charge in [-0.05, 0) is 30.3 Å². The van der Waals surface area contributed by atoms with E-state index < -0.39 is 0 Å². The Kier molecular flexibility index (Phi) is 2.97. The van der Waals surface area contributed by atoms with Crippen LogP contribution in [-0.2, 0) is 0 Å². The van der Waals surface area contributed by atoms with Crippen molar-refractivity contribution in [2.75, 3.05) is 18.2 Å². The molecule has 0 spiro atoms. The molecule has 0 saturated carbocycles. The molecule has 1 aromatic carbocycles. The first-order valence-electron chi connectivity index (χ1n) is 7.05. The lowest BCUT2D eigenvalue weighted by atomic mass is 10.1. The van der Waals surface area contributed by atoms with Crippen molar-refractivity contribution in [1.82, 2.24) is 20.2 Å². The number of ether oxygens (including phenoxy) is 1. The van der Waals surface area contributed by atoms with Crippen molar-refractivity contribution >= 4 is 39.3 Å². The fourth-order valence-corrected chi connectivity index (χ4v) is 2.54. The Labute approximate surface area is 131 Å². The molecule has 0 aliphatic heterocycles. The first-order chi connectivity index (χ1) is 11.2. The summed E-state index contributed by atoms with van der Waals surface area (Å²) in [6.07, 6.45) is 1.77. The van der Waals surface area contributed by atoms with Crippen molar-refractivity contribution in [2.24, 2.45) is 0 Å². The number of aromatic nitrogens is 4. The van der Waals surface area contributed by atoms with Gasteiger partial charge in [-0.1, -0.05) is 6.07 Å². The first-order valence-corrected chi connectivity index (χ1v) is 7.05. The summed E-state index contributed by atoms with van der Waals surface area (Å²) in [6, 6.07) is 11.1. The normalized spacial score (nSPS) is 11.0. The van der Waals surface area contributed by atoms with Crippen LogP contribution in [0, 0.1) is 0 Å². The van der Waals surface area contributed by atoms with Crippen LogP contribution in [0.1, 0.15) is 0 Å². The molecule has 4 rings (SSSR count). The summed E-state index contributed by atoms with van der Waals surface area (Å²) in [5.41, 5.74) is 7.36. The second-order valence-corrected chi connectivity index (χ2v) is 5.07. The molecule has 0 radical (unpaired) electrons. The van der Waals surface area contributed by atoms with Crippen molar-refractivity contribution in [1.29, 1.82) is 0 Å². The lowest BCUT2D eigenvalue weighted by Gasteiger charge is -2.09. The standard InChI is InChI=1S/C16H14N6O/c1-23-9-5-6-12-10(7-9)11-8-18-22-15(11)16(19-12)21-14-4-2-3-13(17)20-14/h2-8H,1H3,(H,18,22)(H3,17,19,20,21). The number of anilines is 3. The number of methoxy groups -OCH3 is 1. The first kappa shape index (κ1) is 13.3. The minimum Gasteiger partial charge on any atom is -0.497 e. The van der Waals surface area contributed by atoms with Crippen LogP contribution in [0.5, 0.6) is 5.75 Å². The molecule has 4 aromatic rings. The summed E-state index contributed by atoms with van der Waals surface area (Å²) in [4.78, 5) is 8.90. The second-order valence-electron chi connectivity index (χ2n) is 5.07. The maximum Gasteiger partial charge on any atom is 0.158 e. The third kappa shape index (κ3) is 2.28. The summed E-state index contributed by atoms with van der Waals surface area (Å²) in [7, 11) is 1.64. The Morgan fingerprint density at radius 1 is 1.13 bits per heavy atom. The molecule has 114 valence electrons. The number of rotatable bonds is 3. The van der Waals surface area contributed by atoms with E-state index in [0.29, 0.717) is 17.5 Å². The van der Waals surface area contributed by atoms with Crippen LogP contribution in [-0.4, -0.2) is 27.3 Å². The third-order valence-corrected chi connectivity index (χ3v) is 3.62. The van der Waals surface area contributed by atoms with Crippen molar-refractivity contribution < 1.29 is 4.74 Å². The summed E-state index contributed by atoms with van der Waals surface area (Å²) in [5, 5.41) is 12.2. The SMILES string of the molecule is COc1ccc2nc(Nc3cccc(N)n3)c3[nH]ncc3c2c1. The molecule has 0 amide bonds. The highest BCUT2D eigenvalue weighted by Gasteiger charge is 2.11. The summed E-state index contributed by atoms with van der Waals surface area (Å²) < 4.78 is 5.29. The zero-order valence-electron chi connectivity index (χ0n) is 12.4. The fraction of sp³-hybridized carbons (Fsp3) is 0.0625. The molecule has 3 heterocycles. The molecule has 3 aromatic heterocycles. The number of H-pyrrole nitrogens is 1. The molecular formula is C16H14N6O. The van der Waals surface area contributed by atoms with Gasteiger partial charge >= 0.3 is 0 Å². The minimum absolute atomic E-state index is 0.446. The van der Waals surface area contributed by atoms with Crippen LogP contribution in [0.3, 0.4) is 0 Å². The molecular weight excluding hydrogens is 292 g/mol. The molecule has 0 fully saturated rings. The largest absolute Gasteiger partial charge is 0.497 e. The molecule has 7 heteroatoms. The number of hydrogen-bond donors (Lipinski definition) is 3. The topological polar surface area (TPSA) is 102 Å². The highest BCUT2D eigenvalue weighted by atomic mass is 16.5. The molecule has 23 heavy (non-hydrogen) atoms. The number of nitrogens with one attached hydrogen (secondary N) is 2. The van der Waals surface area contributed by atoms with Gasteiger partial charge in [0.1, 0.15) is 22.9 Å². The smallest absolute Gasteiger partial charge is 0.158 e. The average Bonchev–Trinajstić information content (AvgIpc) is 3.05. The van der Waals surface area contributed by atoms with Crippen LogP contribution in [0.2, 0.25) is 0 Å². The highest BCUT2D eigenvalue weighted by Crippen LogP contribution is 2.31. The van der Waals surface area contributed by atoms with Crippen LogP contribution in [0.25, 0.3) is 21.8 Å². The summed E-state index contributed by atoms with van der Waals surface area (Å²) in [6.45, 7) is 0. The van der Waals surface area contributed by atoms with Gasteiger partial charge in [0.2, 0.25) is 0 Å². The van der Waals surface area contributed by atoms with Crippen molar-refractivity contribution in [3.63, 3.8) is 0 Å². The lowest BCUT2D eigenvalue weighted by Crippen LogP contribution is -1.99. The van der Waals surface area contributed by atoms with Crippen LogP contribution in [0.4, 0.5) is 17.5 Å². The van der Waals surface area contributed by atoms with Crippen molar-refractivity contribution in [3.05, 3.63) is 42.6 Å². The summed E-state index contributed by atoms with van der Waals surface area (Å²) in [5.74, 6) is 2.50. The van der Waals surface area contributed by atoms with E-state index in [1.165, 1.54) is 0 Å². The predicted octanol–water partition coefficient (Wildman–Crippen LogP) is 2.84. The minimum atomic E-state index is 0.446. The van der Waals surface area contributed by atoms with E-state index in [-0.39, 0.29) is 0 Å². The Bertz CT molecular complexity index is 1010. The fourth-order valence-electron chi connectivity index (χ4n) is 2.54.